The first-order valence-corrected chi connectivity index (χ1v) is 10.6. The second-order valence-corrected chi connectivity index (χ2v) is 10.3. The van der Waals surface area contributed by atoms with Crippen molar-refractivity contribution in [3.05, 3.63) is 60.7 Å². The second kappa shape index (κ2) is 5.97. The topological polar surface area (TPSA) is 20.2 Å². The lowest BCUT2D eigenvalue weighted by molar-refractivity contribution is 0.0162. The van der Waals surface area contributed by atoms with Gasteiger partial charge in [0.15, 0.2) is 0 Å². The average Bonchev–Trinajstić information content (AvgIpc) is 2.96. The van der Waals surface area contributed by atoms with Gasteiger partial charge in [0.1, 0.15) is 0 Å². The Balaban J connectivity index is 1.76. The summed E-state index contributed by atoms with van der Waals surface area (Å²) in [6, 6.07) is 21.9. The van der Waals surface area contributed by atoms with Gasteiger partial charge >= 0.3 is 0 Å². The smallest absolute Gasteiger partial charge is 0.0608 e. The lowest BCUT2D eigenvalue weighted by Crippen LogP contribution is -2.43. The molecular weight excluding hydrogens is 311 g/mol. The molecule has 1 N–H and O–H groups in total. The molecule has 0 amide bonds. The maximum absolute atomic E-state index is 11.0. The highest BCUT2D eigenvalue weighted by Crippen LogP contribution is 2.68. The lowest BCUT2D eigenvalue weighted by Gasteiger charge is -2.43. The van der Waals surface area contributed by atoms with E-state index in [1.165, 1.54) is 23.5 Å². The van der Waals surface area contributed by atoms with Gasteiger partial charge in [0.25, 0.3) is 0 Å². The van der Waals surface area contributed by atoms with E-state index in [0.29, 0.717) is 5.92 Å². The van der Waals surface area contributed by atoms with Crippen LogP contribution in [-0.2, 0) is 0 Å². The molecule has 2 saturated carbocycles. The van der Waals surface area contributed by atoms with Crippen LogP contribution in [0, 0.1) is 16.7 Å². The van der Waals surface area contributed by atoms with E-state index in [4.69, 9.17) is 0 Å². The molecule has 0 radical (unpaired) electrons. The predicted molar refractivity (Wildman–Crippen MR) is 104 cm³/mol. The summed E-state index contributed by atoms with van der Waals surface area (Å²) in [6.07, 6.45) is 4.45. The van der Waals surface area contributed by atoms with Crippen molar-refractivity contribution in [2.75, 3.05) is 6.16 Å². The summed E-state index contributed by atoms with van der Waals surface area (Å²) < 4.78 is 0. The highest BCUT2D eigenvalue weighted by atomic mass is 31.1. The van der Waals surface area contributed by atoms with Gasteiger partial charge in [0.05, 0.1) is 6.10 Å². The van der Waals surface area contributed by atoms with Gasteiger partial charge in [0, 0.05) is 5.41 Å². The van der Waals surface area contributed by atoms with Crippen LogP contribution in [0.15, 0.2) is 60.7 Å². The molecular formula is C22H27OP. The largest absolute Gasteiger partial charge is 0.393 e. The Hall–Kier alpha value is -1.17. The number of fused-ring (bicyclic) bond motifs is 2. The summed E-state index contributed by atoms with van der Waals surface area (Å²) in [5.74, 6) is 0.691. The molecule has 2 fully saturated rings. The van der Waals surface area contributed by atoms with E-state index >= 15 is 0 Å². The highest BCUT2D eigenvalue weighted by molar-refractivity contribution is 7.73. The molecule has 0 saturated heterocycles. The van der Waals surface area contributed by atoms with Gasteiger partial charge < -0.3 is 5.11 Å². The summed E-state index contributed by atoms with van der Waals surface area (Å²) in [6.45, 7) is 4.81. The van der Waals surface area contributed by atoms with E-state index in [1.807, 2.05) is 0 Å². The first-order chi connectivity index (χ1) is 11.5. The Labute approximate surface area is 146 Å². The van der Waals surface area contributed by atoms with E-state index in [1.54, 1.807) is 0 Å². The van der Waals surface area contributed by atoms with Crippen molar-refractivity contribution in [1.82, 2.24) is 0 Å². The fraction of sp³-hybridized carbons (Fsp3) is 0.455. The third-order valence-electron chi connectivity index (χ3n) is 6.96. The van der Waals surface area contributed by atoms with Gasteiger partial charge in [0.2, 0.25) is 0 Å². The number of aliphatic hydroxyl groups excluding tert-OH is 1. The average molecular weight is 338 g/mol. The van der Waals surface area contributed by atoms with Crippen molar-refractivity contribution < 1.29 is 5.11 Å². The summed E-state index contributed by atoms with van der Waals surface area (Å²) in [5, 5.41) is 13.8. The summed E-state index contributed by atoms with van der Waals surface area (Å²) in [5.41, 5.74) is 0.325. The minimum atomic E-state index is -0.435. The molecule has 126 valence electrons. The van der Waals surface area contributed by atoms with E-state index in [9.17, 15) is 5.11 Å². The Kier molecular flexibility index (Phi) is 4.06. The summed E-state index contributed by atoms with van der Waals surface area (Å²) >= 11 is 0. The minimum absolute atomic E-state index is 0.0784. The van der Waals surface area contributed by atoms with Crippen molar-refractivity contribution in [2.24, 2.45) is 16.7 Å². The van der Waals surface area contributed by atoms with E-state index in [-0.39, 0.29) is 16.9 Å². The van der Waals surface area contributed by atoms with Crippen LogP contribution < -0.4 is 10.6 Å². The summed E-state index contributed by atoms with van der Waals surface area (Å²) in [7, 11) is -0.435. The first-order valence-electron chi connectivity index (χ1n) is 9.10. The monoisotopic (exact) mass is 338 g/mol. The molecule has 0 aliphatic heterocycles. The van der Waals surface area contributed by atoms with Crippen LogP contribution in [0.5, 0.6) is 0 Å². The standard InChI is InChI=1S/C22H27OP/c1-21(2)17-13-14-22(21,20(23)15-17)16-24(18-9-5-3-6-10-18)19-11-7-4-8-12-19/h3-12,17,20,23H,13-16H2,1-2H3/t17-,20-,22-/m1/s1. The van der Waals surface area contributed by atoms with Crippen LogP contribution in [0.25, 0.3) is 0 Å². The number of aliphatic hydroxyl groups is 1. The van der Waals surface area contributed by atoms with Gasteiger partial charge in [-0.15, -0.1) is 0 Å². The SMILES string of the molecule is CC1(C)[C@@H]2CC[C@@]1(CP(c1ccccc1)c1ccccc1)[C@H](O)C2. The van der Waals surface area contributed by atoms with Crippen LogP contribution in [0.4, 0.5) is 0 Å². The maximum atomic E-state index is 11.0. The van der Waals surface area contributed by atoms with Gasteiger partial charge in [-0.25, -0.2) is 0 Å². The van der Waals surface area contributed by atoms with Gasteiger partial charge in [-0.2, -0.15) is 0 Å². The molecule has 2 aromatic carbocycles. The number of benzene rings is 2. The predicted octanol–water partition coefficient (Wildman–Crippen LogP) is 4.31. The Morgan fingerprint density at radius 1 is 0.958 bits per heavy atom. The number of hydrogen-bond acceptors (Lipinski definition) is 1. The van der Waals surface area contributed by atoms with Crippen LogP contribution in [0.3, 0.4) is 0 Å². The Bertz CT molecular complexity index is 657. The zero-order chi connectivity index (χ0) is 16.8. The van der Waals surface area contributed by atoms with Gasteiger partial charge in [-0.1, -0.05) is 74.5 Å². The molecule has 3 atom stereocenters. The third-order valence-corrected chi connectivity index (χ3v) is 9.69. The molecule has 1 nitrogen and oxygen atoms in total. The van der Waals surface area contributed by atoms with Crippen molar-refractivity contribution >= 4 is 18.5 Å². The number of hydrogen-bond donors (Lipinski definition) is 1. The van der Waals surface area contributed by atoms with Crippen LogP contribution >= 0.6 is 7.92 Å². The lowest BCUT2D eigenvalue weighted by atomic mass is 9.70. The third kappa shape index (κ3) is 2.37. The van der Waals surface area contributed by atoms with Crippen molar-refractivity contribution in [1.29, 1.82) is 0 Å². The molecule has 0 spiro atoms. The molecule has 4 rings (SSSR count). The van der Waals surface area contributed by atoms with E-state index in [2.05, 4.69) is 74.5 Å². The van der Waals surface area contributed by atoms with Crippen LogP contribution in [0.2, 0.25) is 0 Å². The summed E-state index contributed by atoms with van der Waals surface area (Å²) in [4.78, 5) is 0. The molecule has 0 aromatic heterocycles. The fourth-order valence-electron chi connectivity index (χ4n) is 5.24. The van der Waals surface area contributed by atoms with Gasteiger partial charge in [-0.05, 0) is 55.3 Å². The highest BCUT2D eigenvalue weighted by Gasteiger charge is 2.64. The molecule has 2 aliphatic rings. The molecule has 2 heteroatoms. The maximum Gasteiger partial charge on any atom is 0.0608 e. The Morgan fingerprint density at radius 3 is 1.92 bits per heavy atom. The van der Waals surface area contributed by atoms with Crippen molar-refractivity contribution in [3.8, 4) is 0 Å². The quantitative estimate of drug-likeness (QED) is 0.824. The molecule has 2 bridgehead atoms. The zero-order valence-corrected chi connectivity index (χ0v) is 15.5. The first kappa shape index (κ1) is 16.3. The Morgan fingerprint density at radius 2 is 1.50 bits per heavy atom. The van der Waals surface area contributed by atoms with Crippen molar-refractivity contribution in [2.45, 2.75) is 39.2 Å². The second-order valence-electron chi connectivity index (χ2n) is 8.12. The molecule has 0 unspecified atom stereocenters. The fourth-order valence-corrected chi connectivity index (χ4v) is 8.31. The molecule has 0 heterocycles. The minimum Gasteiger partial charge on any atom is -0.393 e. The number of rotatable bonds is 4. The molecule has 24 heavy (non-hydrogen) atoms. The normalized spacial score (nSPS) is 30.8. The van der Waals surface area contributed by atoms with Crippen molar-refractivity contribution in [3.63, 3.8) is 0 Å². The van der Waals surface area contributed by atoms with Crippen LogP contribution in [0.1, 0.15) is 33.1 Å². The molecule has 2 aromatic rings. The van der Waals surface area contributed by atoms with E-state index in [0.717, 1.165) is 12.6 Å². The van der Waals surface area contributed by atoms with Gasteiger partial charge in [-0.3, -0.25) is 0 Å². The van der Waals surface area contributed by atoms with E-state index < -0.39 is 7.92 Å². The zero-order valence-electron chi connectivity index (χ0n) is 14.7. The van der Waals surface area contributed by atoms with Crippen LogP contribution in [-0.4, -0.2) is 17.4 Å². The molecule has 2 aliphatic carbocycles.